The Bertz CT molecular complexity index is 428. The van der Waals surface area contributed by atoms with Gasteiger partial charge >= 0.3 is 0 Å². The Hall–Kier alpha value is -1.42. The third kappa shape index (κ3) is 2.38. The summed E-state index contributed by atoms with van der Waals surface area (Å²) in [5.41, 5.74) is 2.35. The zero-order valence-corrected chi connectivity index (χ0v) is 10.8. The number of ether oxygens (including phenoxy) is 2. The lowest BCUT2D eigenvalue weighted by molar-refractivity contribution is 0.174. The van der Waals surface area contributed by atoms with Crippen LogP contribution in [0.4, 0.5) is 5.69 Å². The predicted molar refractivity (Wildman–Crippen MR) is 71.4 cm³/mol. The Labute approximate surface area is 108 Å². The summed E-state index contributed by atoms with van der Waals surface area (Å²) in [6.07, 6.45) is 3.90. The summed E-state index contributed by atoms with van der Waals surface area (Å²) < 4.78 is 10.8. The minimum absolute atomic E-state index is 0.336. The molecular formula is C14H20N2O2. The molecule has 0 aromatic heterocycles. The average Bonchev–Trinajstić information content (AvgIpc) is 2.84. The zero-order chi connectivity index (χ0) is 12.4. The quantitative estimate of drug-likeness (QED) is 0.861. The number of benzene rings is 1. The Morgan fingerprint density at radius 3 is 2.89 bits per heavy atom. The van der Waals surface area contributed by atoms with Crippen LogP contribution < -0.4 is 20.1 Å². The van der Waals surface area contributed by atoms with E-state index in [1.54, 1.807) is 0 Å². The van der Waals surface area contributed by atoms with Crippen LogP contribution in [0.5, 0.6) is 11.5 Å². The van der Waals surface area contributed by atoms with Crippen molar-refractivity contribution in [1.29, 1.82) is 0 Å². The van der Waals surface area contributed by atoms with Crippen LogP contribution in [0, 0.1) is 6.92 Å². The summed E-state index contributed by atoms with van der Waals surface area (Å²) in [5.74, 6) is 1.70. The highest BCUT2D eigenvalue weighted by molar-refractivity contribution is 5.60. The molecule has 2 aliphatic heterocycles. The highest BCUT2D eigenvalue weighted by Crippen LogP contribution is 2.36. The summed E-state index contributed by atoms with van der Waals surface area (Å²) in [5, 5.41) is 7.06. The molecule has 98 valence electrons. The first-order chi connectivity index (χ1) is 8.83. The normalized spacial score (nSPS) is 21.9. The SMILES string of the molecule is Cc1cc2c(cc1NCC1CCCCN1)OCO2. The van der Waals surface area contributed by atoms with Gasteiger partial charge in [0.1, 0.15) is 0 Å². The molecule has 1 fully saturated rings. The number of fused-ring (bicyclic) bond motifs is 1. The van der Waals surface area contributed by atoms with Gasteiger partial charge in [-0.25, -0.2) is 0 Å². The van der Waals surface area contributed by atoms with Crippen LogP contribution in [-0.2, 0) is 0 Å². The topological polar surface area (TPSA) is 42.5 Å². The fourth-order valence-corrected chi connectivity index (χ4v) is 2.57. The van der Waals surface area contributed by atoms with E-state index in [4.69, 9.17) is 9.47 Å². The van der Waals surface area contributed by atoms with Crippen molar-refractivity contribution in [3.8, 4) is 11.5 Å². The molecule has 1 aromatic rings. The molecule has 2 heterocycles. The highest BCUT2D eigenvalue weighted by Gasteiger charge is 2.17. The van der Waals surface area contributed by atoms with E-state index in [9.17, 15) is 0 Å². The first-order valence-corrected chi connectivity index (χ1v) is 6.70. The van der Waals surface area contributed by atoms with E-state index in [-0.39, 0.29) is 0 Å². The minimum Gasteiger partial charge on any atom is -0.454 e. The molecule has 0 saturated carbocycles. The molecule has 1 aromatic carbocycles. The molecule has 0 radical (unpaired) electrons. The number of hydrogen-bond donors (Lipinski definition) is 2. The van der Waals surface area contributed by atoms with Gasteiger partial charge in [0.05, 0.1) is 0 Å². The average molecular weight is 248 g/mol. The van der Waals surface area contributed by atoms with E-state index in [1.807, 2.05) is 12.1 Å². The fraction of sp³-hybridized carbons (Fsp3) is 0.571. The largest absolute Gasteiger partial charge is 0.454 e. The molecule has 0 spiro atoms. The third-order valence-corrected chi connectivity index (χ3v) is 3.67. The highest BCUT2D eigenvalue weighted by atomic mass is 16.7. The van der Waals surface area contributed by atoms with Gasteiger partial charge in [-0.05, 0) is 37.9 Å². The van der Waals surface area contributed by atoms with Gasteiger partial charge in [0.15, 0.2) is 11.5 Å². The van der Waals surface area contributed by atoms with Crippen LogP contribution in [0.15, 0.2) is 12.1 Å². The Morgan fingerprint density at radius 1 is 1.28 bits per heavy atom. The Morgan fingerprint density at radius 2 is 2.11 bits per heavy atom. The molecule has 1 saturated heterocycles. The lowest BCUT2D eigenvalue weighted by Crippen LogP contribution is -2.39. The molecule has 4 nitrogen and oxygen atoms in total. The Balaban J connectivity index is 1.65. The van der Waals surface area contributed by atoms with Gasteiger partial charge in [-0.15, -0.1) is 0 Å². The maximum absolute atomic E-state index is 5.41. The number of aryl methyl sites for hydroxylation is 1. The first-order valence-electron chi connectivity index (χ1n) is 6.70. The summed E-state index contributed by atoms with van der Waals surface area (Å²) in [4.78, 5) is 0. The number of nitrogens with one attached hydrogen (secondary N) is 2. The molecule has 0 bridgehead atoms. The smallest absolute Gasteiger partial charge is 0.231 e. The van der Waals surface area contributed by atoms with Gasteiger partial charge in [0.2, 0.25) is 6.79 Å². The molecular weight excluding hydrogens is 228 g/mol. The molecule has 0 aliphatic carbocycles. The number of rotatable bonds is 3. The summed E-state index contributed by atoms with van der Waals surface area (Å²) in [6.45, 7) is 4.55. The second-order valence-corrected chi connectivity index (χ2v) is 5.05. The van der Waals surface area contributed by atoms with Crippen molar-refractivity contribution in [2.75, 3.05) is 25.2 Å². The van der Waals surface area contributed by atoms with E-state index < -0.39 is 0 Å². The van der Waals surface area contributed by atoms with Gasteiger partial charge in [-0.3, -0.25) is 0 Å². The predicted octanol–water partition coefficient (Wildman–Crippen LogP) is 2.28. The van der Waals surface area contributed by atoms with E-state index in [2.05, 4.69) is 17.6 Å². The van der Waals surface area contributed by atoms with E-state index in [1.165, 1.54) is 24.8 Å². The van der Waals surface area contributed by atoms with Crippen molar-refractivity contribution >= 4 is 5.69 Å². The van der Waals surface area contributed by atoms with Crippen LogP contribution in [0.3, 0.4) is 0 Å². The van der Waals surface area contributed by atoms with E-state index in [0.717, 1.165) is 30.3 Å². The number of hydrogen-bond acceptors (Lipinski definition) is 4. The van der Waals surface area contributed by atoms with E-state index >= 15 is 0 Å². The molecule has 18 heavy (non-hydrogen) atoms. The van der Waals surface area contributed by atoms with Crippen LogP contribution >= 0.6 is 0 Å². The van der Waals surface area contributed by atoms with E-state index in [0.29, 0.717) is 12.8 Å². The van der Waals surface area contributed by atoms with Gasteiger partial charge in [-0.1, -0.05) is 6.42 Å². The van der Waals surface area contributed by atoms with Crippen molar-refractivity contribution in [3.05, 3.63) is 17.7 Å². The summed E-state index contributed by atoms with van der Waals surface area (Å²) >= 11 is 0. The van der Waals surface area contributed by atoms with Crippen molar-refractivity contribution in [3.63, 3.8) is 0 Å². The number of anilines is 1. The lowest BCUT2D eigenvalue weighted by atomic mass is 10.0. The van der Waals surface area contributed by atoms with Crippen molar-refractivity contribution in [1.82, 2.24) is 5.32 Å². The molecule has 1 atom stereocenters. The van der Waals surface area contributed by atoms with Crippen LogP contribution in [0.1, 0.15) is 24.8 Å². The van der Waals surface area contributed by atoms with Crippen molar-refractivity contribution in [2.45, 2.75) is 32.2 Å². The monoisotopic (exact) mass is 248 g/mol. The molecule has 1 unspecified atom stereocenters. The molecule has 3 rings (SSSR count). The summed E-state index contributed by atoms with van der Waals surface area (Å²) in [7, 11) is 0. The maximum atomic E-state index is 5.41. The third-order valence-electron chi connectivity index (χ3n) is 3.67. The maximum Gasteiger partial charge on any atom is 0.231 e. The van der Waals surface area contributed by atoms with Crippen LogP contribution in [0.2, 0.25) is 0 Å². The van der Waals surface area contributed by atoms with Crippen molar-refractivity contribution in [2.24, 2.45) is 0 Å². The molecule has 2 aliphatic rings. The number of piperidine rings is 1. The standard InChI is InChI=1S/C14H20N2O2/c1-10-6-13-14(18-9-17-13)7-12(10)16-8-11-4-2-3-5-15-11/h6-7,11,15-16H,2-5,8-9H2,1H3. The lowest BCUT2D eigenvalue weighted by Gasteiger charge is -2.24. The van der Waals surface area contributed by atoms with Gasteiger partial charge in [0, 0.05) is 24.3 Å². The second-order valence-electron chi connectivity index (χ2n) is 5.05. The molecule has 0 amide bonds. The zero-order valence-electron chi connectivity index (χ0n) is 10.8. The van der Waals surface area contributed by atoms with Gasteiger partial charge in [-0.2, -0.15) is 0 Å². The first kappa shape index (κ1) is 11.7. The van der Waals surface area contributed by atoms with Crippen LogP contribution in [0.25, 0.3) is 0 Å². The van der Waals surface area contributed by atoms with Gasteiger partial charge < -0.3 is 20.1 Å². The summed E-state index contributed by atoms with van der Waals surface area (Å²) in [6, 6.07) is 4.67. The van der Waals surface area contributed by atoms with Gasteiger partial charge in [0.25, 0.3) is 0 Å². The van der Waals surface area contributed by atoms with Crippen molar-refractivity contribution < 1.29 is 9.47 Å². The second kappa shape index (κ2) is 5.06. The molecule has 4 heteroatoms. The molecule has 2 N–H and O–H groups in total. The van der Waals surface area contributed by atoms with Crippen LogP contribution in [-0.4, -0.2) is 25.9 Å². The Kier molecular flexibility index (Phi) is 3.28. The minimum atomic E-state index is 0.336. The fourth-order valence-electron chi connectivity index (χ4n) is 2.57.